The van der Waals surface area contributed by atoms with Gasteiger partial charge in [0.15, 0.2) is 15.5 Å². The van der Waals surface area contributed by atoms with Crippen LogP contribution in [0, 0.1) is 4.77 Å². The quantitative estimate of drug-likeness (QED) is 0.563. The molecule has 15 heavy (non-hydrogen) atoms. The fraction of sp³-hybridized carbons (Fsp3) is 0.125. The Bertz CT molecular complexity index is 609. The van der Waals surface area contributed by atoms with E-state index < -0.39 is 0 Å². The first-order valence-electron chi connectivity index (χ1n) is 4.18. The Hall–Kier alpha value is -1.47. The van der Waals surface area contributed by atoms with Crippen molar-refractivity contribution >= 4 is 39.0 Å². The molecule has 0 saturated heterocycles. The van der Waals surface area contributed by atoms with Crippen LogP contribution in [0.2, 0.25) is 0 Å². The highest BCUT2D eigenvalue weighted by Gasteiger charge is 2.06. The van der Waals surface area contributed by atoms with Gasteiger partial charge in [0, 0.05) is 6.54 Å². The summed E-state index contributed by atoms with van der Waals surface area (Å²) in [6, 6.07) is 0. The summed E-state index contributed by atoms with van der Waals surface area (Å²) < 4.78 is 0.822. The number of fused-ring (bicyclic) bond motifs is 1. The van der Waals surface area contributed by atoms with Gasteiger partial charge in [-0.25, -0.2) is 4.98 Å². The maximum Gasteiger partial charge on any atom is 0.271 e. The Morgan fingerprint density at radius 2 is 2.40 bits per heavy atom. The molecule has 5 nitrogen and oxygen atoms in total. The molecule has 7 heteroatoms. The molecule has 3 N–H and O–H groups in total. The van der Waals surface area contributed by atoms with Gasteiger partial charge in [-0.2, -0.15) is 0 Å². The van der Waals surface area contributed by atoms with Gasteiger partial charge in [-0.1, -0.05) is 17.4 Å². The van der Waals surface area contributed by atoms with Gasteiger partial charge in [0.25, 0.3) is 5.56 Å². The fourth-order valence-corrected chi connectivity index (χ4v) is 2.10. The lowest BCUT2D eigenvalue weighted by atomic mass is 10.6. The highest BCUT2D eigenvalue weighted by molar-refractivity contribution is 7.71. The van der Waals surface area contributed by atoms with Crippen molar-refractivity contribution in [2.45, 2.75) is 0 Å². The minimum atomic E-state index is -0.210. The Morgan fingerprint density at radius 3 is 3.13 bits per heavy atom. The number of thiazole rings is 1. The molecule has 0 atom stereocenters. The highest BCUT2D eigenvalue weighted by Crippen LogP contribution is 2.20. The molecule has 0 bridgehead atoms. The Morgan fingerprint density at radius 1 is 1.60 bits per heavy atom. The minimum Gasteiger partial charge on any atom is -0.358 e. The van der Waals surface area contributed by atoms with Crippen molar-refractivity contribution in [2.24, 2.45) is 0 Å². The highest BCUT2D eigenvalue weighted by atomic mass is 32.1. The van der Waals surface area contributed by atoms with E-state index in [9.17, 15) is 4.79 Å². The molecule has 0 saturated carbocycles. The molecule has 0 aliphatic heterocycles. The van der Waals surface area contributed by atoms with Crippen LogP contribution in [0.3, 0.4) is 0 Å². The predicted octanol–water partition coefficient (Wildman–Crippen LogP) is 1.64. The van der Waals surface area contributed by atoms with Crippen LogP contribution in [0.1, 0.15) is 0 Å². The van der Waals surface area contributed by atoms with Gasteiger partial charge in [-0.15, -0.1) is 6.58 Å². The molecule has 78 valence electrons. The number of nitrogens with zero attached hydrogens (tertiary/aromatic N) is 1. The van der Waals surface area contributed by atoms with Crippen LogP contribution < -0.4 is 10.9 Å². The summed E-state index contributed by atoms with van der Waals surface area (Å²) in [5.41, 5.74) is 0.304. The summed E-state index contributed by atoms with van der Waals surface area (Å²) in [5, 5.41) is 3.69. The van der Waals surface area contributed by atoms with Gasteiger partial charge in [-0.3, -0.25) is 9.78 Å². The third kappa shape index (κ3) is 1.97. The Labute approximate surface area is 93.9 Å². The molecule has 2 rings (SSSR count). The molecule has 0 aromatic carbocycles. The van der Waals surface area contributed by atoms with Gasteiger partial charge < -0.3 is 10.3 Å². The molecule has 0 amide bonds. The van der Waals surface area contributed by atoms with E-state index in [-0.39, 0.29) is 10.3 Å². The van der Waals surface area contributed by atoms with Crippen molar-refractivity contribution in [3.05, 3.63) is 27.8 Å². The normalized spacial score (nSPS) is 10.4. The molecule has 0 spiro atoms. The second-order valence-electron chi connectivity index (χ2n) is 2.77. The number of aromatic nitrogens is 3. The van der Waals surface area contributed by atoms with Crippen molar-refractivity contribution in [3.8, 4) is 0 Å². The zero-order valence-electron chi connectivity index (χ0n) is 7.66. The number of rotatable bonds is 3. The third-order valence-corrected chi connectivity index (χ3v) is 2.91. The van der Waals surface area contributed by atoms with Crippen molar-refractivity contribution in [1.82, 2.24) is 15.0 Å². The number of hydrogen-bond acceptors (Lipinski definition) is 5. The van der Waals surface area contributed by atoms with Gasteiger partial charge >= 0.3 is 0 Å². The van der Waals surface area contributed by atoms with Crippen LogP contribution in [0.5, 0.6) is 0 Å². The van der Waals surface area contributed by atoms with Crippen molar-refractivity contribution < 1.29 is 0 Å². The number of nitrogens with one attached hydrogen (secondary N) is 3. The molecule has 2 heterocycles. The van der Waals surface area contributed by atoms with Gasteiger partial charge in [0.1, 0.15) is 4.70 Å². The van der Waals surface area contributed by atoms with Gasteiger partial charge in [0.2, 0.25) is 0 Å². The fourth-order valence-electron chi connectivity index (χ4n) is 1.09. The van der Waals surface area contributed by atoms with E-state index in [4.69, 9.17) is 12.2 Å². The summed E-state index contributed by atoms with van der Waals surface area (Å²) in [5.74, 6) is 0. The first-order chi connectivity index (χ1) is 7.20. The number of anilines is 1. The average molecular weight is 240 g/mol. The lowest BCUT2D eigenvalue weighted by Crippen LogP contribution is -2.05. The maximum atomic E-state index is 11.5. The zero-order valence-corrected chi connectivity index (χ0v) is 9.30. The zero-order chi connectivity index (χ0) is 10.8. The summed E-state index contributed by atoms with van der Waals surface area (Å²) in [4.78, 5) is 21.0. The molecular formula is C8H8N4OS2. The Kier molecular flexibility index (Phi) is 2.65. The van der Waals surface area contributed by atoms with Crippen molar-refractivity contribution in [3.63, 3.8) is 0 Å². The maximum absolute atomic E-state index is 11.5. The third-order valence-electron chi connectivity index (χ3n) is 1.69. The van der Waals surface area contributed by atoms with E-state index in [1.54, 1.807) is 6.08 Å². The molecular weight excluding hydrogens is 232 g/mol. The second kappa shape index (κ2) is 3.95. The average Bonchev–Trinajstić information content (AvgIpc) is 2.57. The van der Waals surface area contributed by atoms with Crippen LogP contribution >= 0.6 is 23.6 Å². The standard InChI is InChI=1S/C8H8N4OS2/c1-2-3-9-8-11-5-4(15-8)6(13)12-7(14)10-5/h2H,1,3H2,(H3,9,10,11,12,13,14). The largest absolute Gasteiger partial charge is 0.358 e. The molecule has 0 fully saturated rings. The van der Waals surface area contributed by atoms with Gasteiger partial charge in [0.05, 0.1) is 0 Å². The van der Waals surface area contributed by atoms with Crippen LogP contribution in [0.4, 0.5) is 5.13 Å². The first-order valence-corrected chi connectivity index (χ1v) is 5.41. The molecule has 0 unspecified atom stereocenters. The Balaban J connectivity index is 2.55. The van der Waals surface area contributed by atoms with Crippen molar-refractivity contribution in [2.75, 3.05) is 11.9 Å². The van der Waals surface area contributed by atoms with E-state index in [0.29, 0.717) is 22.0 Å². The molecule has 2 aromatic rings. The summed E-state index contributed by atoms with van der Waals surface area (Å²) in [7, 11) is 0. The van der Waals surface area contributed by atoms with Gasteiger partial charge in [-0.05, 0) is 12.2 Å². The minimum absolute atomic E-state index is 0.210. The van der Waals surface area contributed by atoms with E-state index in [0.717, 1.165) is 0 Å². The summed E-state index contributed by atoms with van der Waals surface area (Å²) in [6.45, 7) is 4.19. The first kappa shape index (κ1) is 10.1. The topological polar surface area (TPSA) is 73.6 Å². The summed E-state index contributed by atoms with van der Waals surface area (Å²) in [6.07, 6.45) is 1.72. The van der Waals surface area contributed by atoms with Crippen LogP contribution in [0.15, 0.2) is 17.4 Å². The summed E-state index contributed by atoms with van der Waals surface area (Å²) >= 11 is 6.12. The number of aromatic amines is 2. The molecule has 2 aromatic heterocycles. The van der Waals surface area contributed by atoms with E-state index in [1.807, 2.05) is 0 Å². The lowest BCUT2D eigenvalue weighted by molar-refractivity contribution is 1.13. The SMILES string of the molecule is C=CCNc1nc2[nH]c(=S)[nH]c(=O)c2s1. The molecule has 0 aliphatic carbocycles. The van der Waals surface area contributed by atoms with E-state index >= 15 is 0 Å². The monoisotopic (exact) mass is 240 g/mol. The second-order valence-corrected chi connectivity index (χ2v) is 4.18. The van der Waals surface area contributed by atoms with Crippen LogP contribution in [-0.4, -0.2) is 21.5 Å². The van der Waals surface area contributed by atoms with E-state index in [1.165, 1.54) is 11.3 Å². The van der Waals surface area contributed by atoms with E-state index in [2.05, 4.69) is 26.8 Å². The van der Waals surface area contributed by atoms with Crippen molar-refractivity contribution in [1.29, 1.82) is 0 Å². The molecule has 0 radical (unpaired) electrons. The van der Waals surface area contributed by atoms with Crippen LogP contribution in [0.25, 0.3) is 10.3 Å². The number of hydrogen-bond donors (Lipinski definition) is 3. The molecule has 0 aliphatic rings. The smallest absolute Gasteiger partial charge is 0.271 e. The predicted molar refractivity (Wildman–Crippen MR) is 64.1 cm³/mol. The number of H-pyrrole nitrogens is 2. The lowest BCUT2D eigenvalue weighted by Gasteiger charge is -1.93. The van der Waals surface area contributed by atoms with Crippen LogP contribution in [-0.2, 0) is 0 Å².